The first-order valence-electron chi connectivity index (χ1n) is 29.5. The Morgan fingerprint density at radius 1 is 0.426 bits per heavy atom. The Balaban J connectivity index is 4.59. The first-order chi connectivity index (χ1) is 33.5. The molecule has 396 valence electrons. The SMILES string of the molecule is CCCCC/C=C\C/C=C\C/C=C\CCCCC(CC(=O)NC(CO)C(O)CCCCCCCCCCCCCCCCCCC)OC(=O)CCCCCCCCC/C=C\C/C=C\CCCCC. The molecule has 0 aromatic heterocycles. The fourth-order valence-electron chi connectivity index (χ4n) is 8.82. The van der Waals surface area contributed by atoms with Gasteiger partial charge in [0.05, 0.1) is 25.2 Å². The van der Waals surface area contributed by atoms with Crippen LogP contribution in [0.1, 0.15) is 297 Å². The third-order valence-corrected chi connectivity index (χ3v) is 13.3. The highest BCUT2D eigenvalue weighted by Crippen LogP contribution is 2.18. The van der Waals surface area contributed by atoms with Gasteiger partial charge in [0.15, 0.2) is 0 Å². The van der Waals surface area contributed by atoms with Gasteiger partial charge in [0.2, 0.25) is 5.91 Å². The highest BCUT2D eigenvalue weighted by molar-refractivity contribution is 5.77. The van der Waals surface area contributed by atoms with E-state index >= 15 is 0 Å². The third-order valence-electron chi connectivity index (χ3n) is 13.3. The zero-order valence-corrected chi connectivity index (χ0v) is 45.2. The zero-order chi connectivity index (χ0) is 49.5. The summed E-state index contributed by atoms with van der Waals surface area (Å²) in [6, 6.07) is -0.718. The van der Waals surface area contributed by atoms with Crippen LogP contribution in [0.15, 0.2) is 60.8 Å². The number of carbonyl (C=O) groups is 2. The minimum atomic E-state index is -0.802. The molecule has 0 aromatic carbocycles. The molecule has 0 aliphatic rings. The number of unbranched alkanes of at least 4 members (excludes halogenated alkanes) is 31. The lowest BCUT2D eigenvalue weighted by Gasteiger charge is -2.24. The van der Waals surface area contributed by atoms with E-state index in [0.717, 1.165) is 83.5 Å². The van der Waals surface area contributed by atoms with Crippen LogP contribution < -0.4 is 5.32 Å². The van der Waals surface area contributed by atoms with E-state index in [9.17, 15) is 19.8 Å². The van der Waals surface area contributed by atoms with Gasteiger partial charge in [-0.3, -0.25) is 9.59 Å². The monoisotopic (exact) mass is 952 g/mol. The average Bonchev–Trinajstić information content (AvgIpc) is 3.33. The summed E-state index contributed by atoms with van der Waals surface area (Å²) < 4.78 is 5.94. The van der Waals surface area contributed by atoms with E-state index in [0.29, 0.717) is 19.3 Å². The number of esters is 1. The van der Waals surface area contributed by atoms with Crippen molar-refractivity contribution in [2.45, 2.75) is 315 Å². The van der Waals surface area contributed by atoms with Crippen molar-refractivity contribution in [2.24, 2.45) is 0 Å². The Labute approximate surface area is 422 Å². The van der Waals surface area contributed by atoms with Crippen molar-refractivity contribution in [3.8, 4) is 0 Å². The Morgan fingerprint density at radius 3 is 1.18 bits per heavy atom. The molecule has 0 rings (SSSR count). The van der Waals surface area contributed by atoms with Gasteiger partial charge in [-0.25, -0.2) is 0 Å². The number of carbonyl (C=O) groups excluding carboxylic acids is 2. The summed E-state index contributed by atoms with van der Waals surface area (Å²) in [5, 5.41) is 23.9. The lowest BCUT2D eigenvalue weighted by atomic mass is 10.0. The molecule has 0 aliphatic carbocycles. The molecule has 0 spiro atoms. The predicted octanol–water partition coefficient (Wildman–Crippen LogP) is 18.4. The summed E-state index contributed by atoms with van der Waals surface area (Å²) in [6.45, 7) is 6.45. The molecule has 0 aliphatic heterocycles. The molecule has 3 N–H and O–H groups in total. The van der Waals surface area contributed by atoms with Gasteiger partial charge in [0, 0.05) is 6.42 Å². The van der Waals surface area contributed by atoms with E-state index in [2.05, 4.69) is 86.8 Å². The van der Waals surface area contributed by atoms with Crippen molar-refractivity contribution in [3.63, 3.8) is 0 Å². The largest absolute Gasteiger partial charge is 0.462 e. The Bertz CT molecular complexity index is 1210. The second-order valence-corrected chi connectivity index (χ2v) is 20.0. The quantitative estimate of drug-likeness (QED) is 0.0321. The first kappa shape index (κ1) is 65.6. The van der Waals surface area contributed by atoms with Gasteiger partial charge in [-0.2, -0.15) is 0 Å². The maximum Gasteiger partial charge on any atom is 0.306 e. The van der Waals surface area contributed by atoms with Crippen molar-refractivity contribution in [1.82, 2.24) is 5.32 Å². The van der Waals surface area contributed by atoms with E-state index in [1.165, 1.54) is 167 Å². The normalized spacial score (nSPS) is 13.5. The van der Waals surface area contributed by atoms with Crippen LogP contribution in [-0.4, -0.2) is 46.9 Å². The second-order valence-electron chi connectivity index (χ2n) is 20.0. The number of nitrogens with one attached hydrogen (secondary N) is 1. The minimum absolute atomic E-state index is 0.0483. The predicted molar refractivity (Wildman–Crippen MR) is 296 cm³/mol. The molecule has 1 amide bonds. The van der Waals surface area contributed by atoms with Crippen molar-refractivity contribution in [3.05, 3.63) is 60.8 Å². The number of hydrogen-bond acceptors (Lipinski definition) is 5. The molecule has 0 radical (unpaired) electrons. The molecular formula is C62H113NO5. The minimum Gasteiger partial charge on any atom is -0.462 e. The smallest absolute Gasteiger partial charge is 0.306 e. The van der Waals surface area contributed by atoms with E-state index in [-0.39, 0.29) is 24.9 Å². The second kappa shape index (κ2) is 55.5. The molecule has 0 bridgehead atoms. The number of amides is 1. The molecule has 3 atom stereocenters. The number of ether oxygens (including phenoxy) is 1. The molecule has 68 heavy (non-hydrogen) atoms. The van der Waals surface area contributed by atoms with Crippen LogP contribution in [0.2, 0.25) is 0 Å². The van der Waals surface area contributed by atoms with Crippen molar-refractivity contribution >= 4 is 11.9 Å². The lowest BCUT2D eigenvalue weighted by molar-refractivity contribution is -0.151. The van der Waals surface area contributed by atoms with E-state index in [1.807, 2.05) is 0 Å². The van der Waals surface area contributed by atoms with Crippen LogP contribution in [-0.2, 0) is 14.3 Å². The third kappa shape index (κ3) is 50.0. The molecule has 0 aromatic rings. The molecule has 0 saturated heterocycles. The number of aliphatic hydroxyl groups is 2. The summed E-state index contributed by atoms with van der Waals surface area (Å²) >= 11 is 0. The number of aliphatic hydroxyl groups excluding tert-OH is 2. The topological polar surface area (TPSA) is 95.9 Å². The van der Waals surface area contributed by atoms with Crippen molar-refractivity contribution < 1.29 is 24.5 Å². The van der Waals surface area contributed by atoms with Crippen molar-refractivity contribution in [2.75, 3.05) is 6.61 Å². The van der Waals surface area contributed by atoms with Crippen LogP contribution in [0.25, 0.3) is 0 Å². The summed E-state index contributed by atoms with van der Waals surface area (Å²) in [5.41, 5.74) is 0. The summed E-state index contributed by atoms with van der Waals surface area (Å²) in [4.78, 5) is 26.3. The Kier molecular flexibility index (Phi) is 53.5. The standard InChI is InChI=1S/C62H113NO5/c1-4-7-10-13-16-19-22-25-28-30-33-36-39-42-45-48-51-54-60(65)59(57-64)63-61(66)56-58(53-50-47-44-41-38-35-32-27-24-21-18-15-12-9-6-3)68-62(67)55-52-49-46-43-40-37-34-31-29-26-23-20-17-14-11-8-5-2/h17-18,20-21,26-27,29,32,38,41,58-60,64-65H,4-16,19,22-25,28,30-31,33-37,39-40,42-57H2,1-3H3,(H,63,66)/b20-17-,21-18-,29-26-,32-27-,41-38-. The first-order valence-corrected chi connectivity index (χ1v) is 29.5. The molecular weight excluding hydrogens is 839 g/mol. The summed E-state index contributed by atoms with van der Waals surface area (Å²) in [5.74, 6) is -0.513. The fraction of sp³-hybridized carbons (Fsp3) is 0.806. The van der Waals surface area contributed by atoms with Crippen LogP contribution in [0.5, 0.6) is 0 Å². The highest BCUT2D eigenvalue weighted by Gasteiger charge is 2.24. The van der Waals surface area contributed by atoms with Gasteiger partial charge in [-0.05, 0) is 96.3 Å². The molecule has 0 fully saturated rings. The Morgan fingerprint density at radius 2 is 0.750 bits per heavy atom. The Hall–Kier alpha value is -2.44. The fourth-order valence-corrected chi connectivity index (χ4v) is 8.82. The van der Waals surface area contributed by atoms with Gasteiger partial charge in [0.1, 0.15) is 6.10 Å². The molecule has 0 heterocycles. The van der Waals surface area contributed by atoms with Crippen molar-refractivity contribution in [1.29, 1.82) is 0 Å². The molecule has 3 unspecified atom stereocenters. The number of hydrogen-bond donors (Lipinski definition) is 3. The van der Waals surface area contributed by atoms with Crippen LogP contribution in [0.4, 0.5) is 0 Å². The number of allylic oxidation sites excluding steroid dienone is 10. The van der Waals surface area contributed by atoms with E-state index in [1.54, 1.807) is 0 Å². The van der Waals surface area contributed by atoms with Gasteiger partial charge >= 0.3 is 5.97 Å². The highest BCUT2D eigenvalue weighted by atomic mass is 16.5. The maximum absolute atomic E-state index is 13.3. The van der Waals surface area contributed by atoms with Gasteiger partial charge in [-0.15, -0.1) is 0 Å². The zero-order valence-electron chi connectivity index (χ0n) is 45.2. The molecule has 6 nitrogen and oxygen atoms in total. The van der Waals surface area contributed by atoms with Crippen LogP contribution in [0, 0.1) is 0 Å². The van der Waals surface area contributed by atoms with Gasteiger partial charge in [-0.1, -0.05) is 248 Å². The van der Waals surface area contributed by atoms with E-state index in [4.69, 9.17) is 4.74 Å². The van der Waals surface area contributed by atoms with Crippen LogP contribution >= 0.6 is 0 Å². The lowest BCUT2D eigenvalue weighted by Crippen LogP contribution is -2.46. The molecule has 6 heteroatoms. The van der Waals surface area contributed by atoms with Crippen LogP contribution in [0.3, 0.4) is 0 Å². The van der Waals surface area contributed by atoms with E-state index < -0.39 is 18.2 Å². The van der Waals surface area contributed by atoms with Gasteiger partial charge in [0.25, 0.3) is 0 Å². The summed E-state index contributed by atoms with van der Waals surface area (Å²) in [7, 11) is 0. The average molecular weight is 953 g/mol. The number of rotatable bonds is 53. The molecule has 0 saturated carbocycles. The van der Waals surface area contributed by atoms with Gasteiger partial charge < -0.3 is 20.3 Å². The summed E-state index contributed by atoms with van der Waals surface area (Å²) in [6.07, 6.45) is 70.0. The maximum atomic E-state index is 13.3.